The summed E-state index contributed by atoms with van der Waals surface area (Å²) in [5.41, 5.74) is 0. The van der Waals surface area contributed by atoms with Crippen molar-refractivity contribution in [3.05, 3.63) is 20.8 Å². The molecule has 0 rings (SSSR count). The predicted molar refractivity (Wildman–Crippen MR) is 43.9 cm³/mol. The first-order valence-electron chi connectivity index (χ1n) is 3.29. The van der Waals surface area contributed by atoms with Gasteiger partial charge in [0.1, 0.15) is 0 Å². The Balaban J connectivity index is -0.000000149. The van der Waals surface area contributed by atoms with Crippen molar-refractivity contribution in [2.45, 2.75) is 13.3 Å². The zero-order chi connectivity index (χ0) is 7.70. The smallest absolute Gasteiger partial charge is 0.346 e. The Morgan fingerprint density at radius 3 is 1.70 bits per heavy atom. The normalized spacial score (nSPS) is 7.80. The minimum Gasteiger partial charge on any atom is -0.346 e. The molecule has 0 aromatic heterocycles. The summed E-state index contributed by atoms with van der Waals surface area (Å²) in [5.74, 6) is 0. The molecule has 0 aromatic carbocycles. The zero-order valence-corrected chi connectivity index (χ0v) is 10.1. The molecule has 58 valence electrons. The summed E-state index contributed by atoms with van der Waals surface area (Å²) in [4.78, 5) is 2.13. The first-order chi connectivity index (χ1) is 4.31. The van der Waals surface area contributed by atoms with Gasteiger partial charge in [-0.15, -0.1) is 6.54 Å². The van der Waals surface area contributed by atoms with E-state index in [1.54, 1.807) is 6.92 Å². The number of hydrogen-bond donors (Lipinski definition) is 0. The van der Waals surface area contributed by atoms with Gasteiger partial charge in [0.05, 0.1) is 0 Å². The van der Waals surface area contributed by atoms with Gasteiger partial charge in [0.25, 0.3) is 0 Å². The molecule has 0 unspecified atom stereocenters. The van der Waals surface area contributed by atoms with E-state index in [1.165, 1.54) is 0 Å². The third-order valence-electron chi connectivity index (χ3n) is 0.922. The maximum atomic E-state index is 3.70. The topological polar surface area (TPSA) is 3.24 Å². The van der Waals surface area contributed by atoms with Crippen molar-refractivity contribution < 1.29 is 32.7 Å². The van der Waals surface area contributed by atoms with Crippen LogP contribution in [0.25, 0.3) is 0 Å². The number of nitrogens with zero attached hydrogens (tertiary/aromatic N) is 1. The molecule has 10 heavy (non-hydrogen) atoms. The largest absolute Gasteiger partial charge is 3.00 e. The van der Waals surface area contributed by atoms with Crippen LogP contribution >= 0.6 is 0 Å². The van der Waals surface area contributed by atoms with Gasteiger partial charge in [-0.2, -0.15) is 13.3 Å². The summed E-state index contributed by atoms with van der Waals surface area (Å²) in [7, 11) is 2.04. The minimum atomic E-state index is 0. The van der Waals surface area contributed by atoms with Crippen LogP contribution in [0.1, 0.15) is 13.3 Å². The zero-order valence-electron chi connectivity index (χ0n) is 7.27. The van der Waals surface area contributed by atoms with E-state index in [0.717, 1.165) is 19.5 Å². The van der Waals surface area contributed by atoms with E-state index in [4.69, 9.17) is 0 Å². The van der Waals surface area contributed by atoms with Gasteiger partial charge in [-0.3, -0.25) is 0 Å². The summed E-state index contributed by atoms with van der Waals surface area (Å²) in [5, 5.41) is 0. The molecule has 0 bridgehead atoms. The van der Waals surface area contributed by atoms with Gasteiger partial charge in [-0.25, -0.2) is 0 Å². The summed E-state index contributed by atoms with van der Waals surface area (Å²) in [6, 6.07) is 0. The first kappa shape index (κ1) is 17.2. The monoisotopic (exact) mass is 217 g/mol. The van der Waals surface area contributed by atoms with E-state index in [9.17, 15) is 0 Å². The van der Waals surface area contributed by atoms with Gasteiger partial charge in [0.2, 0.25) is 0 Å². The molecule has 2 heteroatoms. The second-order valence-corrected chi connectivity index (χ2v) is 1.66. The van der Waals surface area contributed by atoms with Crippen molar-refractivity contribution in [3.8, 4) is 0 Å². The Hall–Kier alpha value is 1.06. The van der Waals surface area contributed by atoms with Gasteiger partial charge in [0.15, 0.2) is 0 Å². The van der Waals surface area contributed by atoms with Crippen LogP contribution in [0.3, 0.4) is 0 Å². The van der Waals surface area contributed by atoms with Crippen LogP contribution in [0.2, 0.25) is 0 Å². The molecular weight excluding hydrogens is 199 g/mol. The molecule has 0 radical (unpaired) electrons. The van der Waals surface area contributed by atoms with Crippen molar-refractivity contribution in [2.75, 3.05) is 20.1 Å². The standard InChI is InChI=1S/C6H13N.C2H5.Y/c1-4-6-7(3)5-2;1-2;/h1-2,4-6H2,3H3;1H2,2H3;/q-2;-1;+3. The van der Waals surface area contributed by atoms with Crippen molar-refractivity contribution in [1.29, 1.82) is 0 Å². The van der Waals surface area contributed by atoms with Crippen LogP contribution in [-0.2, 0) is 32.7 Å². The summed E-state index contributed by atoms with van der Waals surface area (Å²) in [6.07, 6.45) is 0.978. The average molecular weight is 217 g/mol. The first-order valence-corrected chi connectivity index (χ1v) is 3.29. The molecule has 0 aliphatic rings. The summed E-state index contributed by atoms with van der Waals surface area (Å²) in [6.45, 7) is 14.4. The molecule has 0 atom stereocenters. The summed E-state index contributed by atoms with van der Waals surface area (Å²) >= 11 is 0. The van der Waals surface area contributed by atoms with Crippen molar-refractivity contribution in [3.63, 3.8) is 0 Å². The molecule has 0 fully saturated rings. The molecule has 0 amide bonds. The minimum absolute atomic E-state index is 0. The summed E-state index contributed by atoms with van der Waals surface area (Å²) < 4.78 is 0. The maximum absolute atomic E-state index is 3.70. The average Bonchev–Trinajstić information content (AvgIpc) is 1.93. The third kappa shape index (κ3) is 16.0. The van der Waals surface area contributed by atoms with Gasteiger partial charge in [-0.05, 0) is 13.6 Å². The second-order valence-electron chi connectivity index (χ2n) is 1.66. The predicted octanol–water partition coefficient (Wildman–Crippen LogP) is 1.81. The van der Waals surface area contributed by atoms with Crippen molar-refractivity contribution in [1.82, 2.24) is 4.90 Å². The van der Waals surface area contributed by atoms with Gasteiger partial charge in [0, 0.05) is 0 Å². The fourth-order valence-corrected chi connectivity index (χ4v) is 0.382. The third-order valence-corrected chi connectivity index (χ3v) is 0.922. The van der Waals surface area contributed by atoms with E-state index in [2.05, 4.69) is 25.7 Å². The second kappa shape index (κ2) is 16.6. The fraction of sp³-hybridized carbons (Fsp3) is 0.625. The molecule has 0 spiro atoms. The number of rotatable bonds is 3. The fourth-order valence-electron chi connectivity index (χ4n) is 0.382. The van der Waals surface area contributed by atoms with Gasteiger partial charge in [-0.1, -0.05) is 0 Å². The van der Waals surface area contributed by atoms with E-state index >= 15 is 0 Å². The number of hydrogen-bond acceptors (Lipinski definition) is 1. The molecule has 0 heterocycles. The van der Waals surface area contributed by atoms with Crippen molar-refractivity contribution in [2.24, 2.45) is 0 Å². The van der Waals surface area contributed by atoms with E-state index in [1.807, 2.05) is 7.05 Å². The van der Waals surface area contributed by atoms with Crippen molar-refractivity contribution >= 4 is 0 Å². The molecule has 0 saturated carbocycles. The maximum Gasteiger partial charge on any atom is 3.00 e. The van der Waals surface area contributed by atoms with Crippen LogP contribution in [-0.4, -0.2) is 25.0 Å². The van der Waals surface area contributed by atoms with E-state index in [-0.39, 0.29) is 32.7 Å². The molecule has 0 aromatic rings. The SMILES string of the molecule is [CH2-]C.[CH2-]CCN(C)C[CH2-].[Y+3]. The van der Waals surface area contributed by atoms with Gasteiger partial charge >= 0.3 is 32.7 Å². The molecule has 0 saturated heterocycles. The van der Waals surface area contributed by atoms with Crippen LogP contribution in [0.4, 0.5) is 0 Å². The molecule has 0 aliphatic heterocycles. The Kier molecular flexibility index (Phi) is 28.6. The molecule has 1 nitrogen and oxygen atoms in total. The van der Waals surface area contributed by atoms with Crippen LogP contribution in [0.15, 0.2) is 0 Å². The Bertz CT molecular complexity index is 40.2. The molecule has 0 aliphatic carbocycles. The van der Waals surface area contributed by atoms with Gasteiger partial charge < -0.3 is 25.7 Å². The molecular formula is C8H18NY. The van der Waals surface area contributed by atoms with Crippen LogP contribution < -0.4 is 0 Å². The Morgan fingerprint density at radius 2 is 1.60 bits per heavy atom. The van der Waals surface area contributed by atoms with Crippen LogP contribution in [0.5, 0.6) is 0 Å². The van der Waals surface area contributed by atoms with Crippen LogP contribution in [0, 0.1) is 20.8 Å². The van der Waals surface area contributed by atoms with E-state index in [0.29, 0.717) is 0 Å². The Morgan fingerprint density at radius 1 is 1.20 bits per heavy atom. The molecule has 0 N–H and O–H groups in total. The quantitative estimate of drug-likeness (QED) is 0.652. The Labute approximate surface area is 91.4 Å². The van der Waals surface area contributed by atoms with E-state index < -0.39 is 0 Å².